The Morgan fingerprint density at radius 1 is 0.612 bits per heavy atom. The van der Waals surface area contributed by atoms with Gasteiger partial charge in [-0.25, -0.2) is 4.57 Å². The van der Waals surface area contributed by atoms with Crippen molar-refractivity contribution in [2.45, 2.75) is 167 Å². The first-order valence-electron chi connectivity index (χ1n) is 18.9. The van der Waals surface area contributed by atoms with E-state index < -0.39 is 51.8 Å². The van der Waals surface area contributed by atoms with Crippen molar-refractivity contribution in [3.63, 3.8) is 0 Å². The van der Waals surface area contributed by atoms with Crippen LogP contribution >= 0.6 is 7.82 Å². The van der Waals surface area contributed by atoms with Crippen molar-refractivity contribution in [1.82, 2.24) is 0 Å². The first-order valence-corrected chi connectivity index (χ1v) is 20.4. The average molecular weight is 717 g/mol. The molecular formula is C38H69O10P. The molecule has 0 amide bonds. The summed E-state index contributed by atoms with van der Waals surface area (Å²) < 4.78 is 32.5. The van der Waals surface area contributed by atoms with Gasteiger partial charge in [-0.15, -0.1) is 0 Å². The van der Waals surface area contributed by atoms with E-state index in [0.717, 1.165) is 83.5 Å². The smallest absolute Gasteiger partial charge is 0.462 e. The quantitative estimate of drug-likeness (QED) is 0.0251. The molecule has 0 aliphatic carbocycles. The number of esters is 2. The van der Waals surface area contributed by atoms with Gasteiger partial charge in [-0.05, 0) is 64.2 Å². The summed E-state index contributed by atoms with van der Waals surface area (Å²) in [6.45, 7) is 2.26. The Morgan fingerprint density at radius 2 is 1.08 bits per heavy atom. The number of ether oxygens (including phenoxy) is 2. The molecule has 0 radical (unpaired) electrons. The van der Waals surface area contributed by atoms with Crippen LogP contribution in [-0.2, 0) is 32.7 Å². The van der Waals surface area contributed by atoms with Crippen molar-refractivity contribution >= 4 is 19.8 Å². The molecule has 0 saturated carbocycles. The van der Waals surface area contributed by atoms with Gasteiger partial charge in [-0.1, -0.05) is 115 Å². The minimum Gasteiger partial charge on any atom is -0.462 e. The van der Waals surface area contributed by atoms with Crippen LogP contribution in [0.5, 0.6) is 0 Å². The van der Waals surface area contributed by atoms with Gasteiger partial charge >= 0.3 is 19.8 Å². The summed E-state index contributed by atoms with van der Waals surface area (Å²) in [5.74, 6) is -0.956. The number of unbranched alkanes of at least 4 members (excludes halogenated alkanes) is 15. The number of allylic oxidation sites excluding steroid dienone is 6. The molecular weight excluding hydrogens is 647 g/mol. The minimum absolute atomic E-state index is 0.166. The lowest BCUT2D eigenvalue weighted by atomic mass is 10.1. The topological polar surface area (TPSA) is 149 Å². The van der Waals surface area contributed by atoms with Crippen LogP contribution in [-0.4, -0.2) is 65.7 Å². The SMILES string of the molecule is CCCC/C=C\CCCCCCCC(=O)OC[C@H](COP(=O)(O)OC[C@@H](O)CO)OC(=O)CCCCCCC/C=C\C/C=C\CCCCC. The lowest BCUT2D eigenvalue weighted by molar-refractivity contribution is -0.161. The van der Waals surface area contributed by atoms with Gasteiger partial charge in [0.15, 0.2) is 6.10 Å². The maximum Gasteiger partial charge on any atom is 0.472 e. The van der Waals surface area contributed by atoms with Crippen molar-refractivity contribution in [3.8, 4) is 0 Å². The summed E-state index contributed by atoms with van der Waals surface area (Å²) in [6, 6.07) is 0. The Kier molecular flexibility index (Phi) is 33.4. The molecule has 11 heteroatoms. The number of hydrogen-bond acceptors (Lipinski definition) is 9. The van der Waals surface area contributed by atoms with Crippen molar-refractivity contribution in [2.75, 3.05) is 26.4 Å². The average Bonchev–Trinajstić information content (AvgIpc) is 3.09. The van der Waals surface area contributed by atoms with Gasteiger partial charge in [-0.3, -0.25) is 18.6 Å². The van der Waals surface area contributed by atoms with Gasteiger partial charge in [0.2, 0.25) is 0 Å². The standard InChI is InChI=1S/C38H69O10P/c1-3-5-7-9-11-13-15-16-17-18-20-22-24-26-28-30-38(42)48-36(34-47-49(43,44)46-32-35(40)31-39)33-45-37(41)29-27-25-23-21-19-14-12-10-8-6-4-2/h10-13,16-17,35-36,39-40H,3-9,14-15,18-34H2,1-2H3,(H,43,44)/b12-10-,13-11-,17-16-/t35-,36+/m0/s1. The second-order valence-electron chi connectivity index (χ2n) is 12.6. The van der Waals surface area contributed by atoms with Crippen LogP contribution in [0.2, 0.25) is 0 Å². The monoisotopic (exact) mass is 716 g/mol. The fraction of sp³-hybridized carbons (Fsp3) is 0.789. The highest BCUT2D eigenvalue weighted by molar-refractivity contribution is 7.47. The zero-order chi connectivity index (χ0) is 36.3. The van der Waals surface area contributed by atoms with Crippen molar-refractivity contribution in [3.05, 3.63) is 36.5 Å². The second-order valence-corrected chi connectivity index (χ2v) is 14.0. The van der Waals surface area contributed by atoms with E-state index in [0.29, 0.717) is 12.8 Å². The number of phosphoric acid groups is 1. The molecule has 0 aromatic carbocycles. The van der Waals surface area contributed by atoms with Gasteiger partial charge in [-0.2, -0.15) is 0 Å². The van der Waals surface area contributed by atoms with E-state index in [1.807, 2.05) is 0 Å². The van der Waals surface area contributed by atoms with E-state index in [9.17, 15) is 24.2 Å². The molecule has 49 heavy (non-hydrogen) atoms. The number of hydrogen-bond donors (Lipinski definition) is 3. The predicted molar refractivity (Wildman–Crippen MR) is 196 cm³/mol. The summed E-state index contributed by atoms with van der Waals surface area (Å²) in [5.41, 5.74) is 0. The van der Waals surface area contributed by atoms with Crippen LogP contribution in [0.1, 0.15) is 155 Å². The van der Waals surface area contributed by atoms with Crippen LogP contribution in [0.25, 0.3) is 0 Å². The molecule has 0 rings (SSSR count). The van der Waals surface area contributed by atoms with Crippen molar-refractivity contribution in [2.24, 2.45) is 0 Å². The third kappa shape index (κ3) is 34.4. The lowest BCUT2D eigenvalue weighted by Crippen LogP contribution is -2.29. The van der Waals surface area contributed by atoms with Crippen molar-refractivity contribution in [1.29, 1.82) is 0 Å². The highest BCUT2D eigenvalue weighted by Gasteiger charge is 2.27. The number of aliphatic hydroxyl groups is 2. The van der Waals surface area contributed by atoms with Gasteiger partial charge in [0.25, 0.3) is 0 Å². The fourth-order valence-corrected chi connectivity index (χ4v) is 5.56. The van der Waals surface area contributed by atoms with E-state index in [4.69, 9.17) is 19.1 Å². The van der Waals surface area contributed by atoms with Gasteiger partial charge in [0.1, 0.15) is 12.7 Å². The summed E-state index contributed by atoms with van der Waals surface area (Å²) in [6.07, 6.45) is 32.6. The van der Waals surface area contributed by atoms with Crippen LogP contribution in [0.3, 0.4) is 0 Å². The number of aliphatic hydroxyl groups excluding tert-OH is 2. The first-order chi connectivity index (χ1) is 23.7. The molecule has 286 valence electrons. The Balaban J connectivity index is 4.41. The number of phosphoric ester groups is 1. The third-order valence-corrected chi connectivity index (χ3v) is 8.72. The highest BCUT2D eigenvalue weighted by Crippen LogP contribution is 2.43. The summed E-state index contributed by atoms with van der Waals surface area (Å²) >= 11 is 0. The largest absolute Gasteiger partial charge is 0.472 e. The Hall–Kier alpha value is -1.81. The van der Waals surface area contributed by atoms with Crippen LogP contribution < -0.4 is 0 Å². The van der Waals surface area contributed by atoms with Crippen molar-refractivity contribution < 1.29 is 47.8 Å². The molecule has 3 atom stereocenters. The minimum atomic E-state index is -4.61. The molecule has 3 N–H and O–H groups in total. The fourth-order valence-electron chi connectivity index (χ4n) is 4.77. The van der Waals surface area contributed by atoms with E-state index in [1.165, 1.54) is 32.1 Å². The predicted octanol–water partition coefficient (Wildman–Crippen LogP) is 9.22. The number of carbonyl (C=O) groups excluding carboxylic acids is 2. The van der Waals surface area contributed by atoms with Gasteiger partial charge in [0, 0.05) is 12.8 Å². The van der Waals surface area contributed by atoms with Crippen LogP contribution in [0, 0.1) is 0 Å². The summed E-state index contributed by atoms with van der Waals surface area (Å²) in [5, 5.41) is 18.3. The second kappa shape index (κ2) is 34.6. The molecule has 1 unspecified atom stereocenters. The molecule has 0 aliphatic heterocycles. The highest BCUT2D eigenvalue weighted by atomic mass is 31.2. The lowest BCUT2D eigenvalue weighted by Gasteiger charge is -2.20. The Bertz CT molecular complexity index is 920. The van der Waals surface area contributed by atoms with Gasteiger partial charge < -0.3 is 24.6 Å². The molecule has 0 aliphatic rings. The zero-order valence-corrected chi connectivity index (χ0v) is 31.5. The molecule has 0 aromatic rings. The van der Waals surface area contributed by atoms with E-state index in [1.54, 1.807) is 0 Å². The first kappa shape index (κ1) is 47.2. The summed E-state index contributed by atoms with van der Waals surface area (Å²) in [7, 11) is -4.61. The van der Waals surface area contributed by atoms with E-state index >= 15 is 0 Å². The molecule has 0 bridgehead atoms. The maximum absolute atomic E-state index is 12.5. The molecule has 0 spiro atoms. The Labute approximate surface area is 297 Å². The number of carbonyl (C=O) groups is 2. The molecule has 0 aromatic heterocycles. The summed E-state index contributed by atoms with van der Waals surface area (Å²) in [4.78, 5) is 34.8. The van der Waals surface area contributed by atoms with E-state index in [2.05, 4.69) is 54.8 Å². The van der Waals surface area contributed by atoms with Gasteiger partial charge in [0.05, 0.1) is 19.8 Å². The van der Waals surface area contributed by atoms with Crippen LogP contribution in [0.4, 0.5) is 0 Å². The number of rotatable bonds is 35. The normalized spacial score (nSPS) is 14.5. The molecule has 0 heterocycles. The Morgan fingerprint density at radius 3 is 1.65 bits per heavy atom. The van der Waals surface area contributed by atoms with Crippen LogP contribution in [0.15, 0.2) is 36.5 Å². The molecule has 10 nitrogen and oxygen atoms in total. The van der Waals surface area contributed by atoms with E-state index in [-0.39, 0.29) is 19.4 Å². The maximum atomic E-state index is 12.5. The molecule has 0 saturated heterocycles. The zero-order valence-electron chi connectivity index (χ0n) is 30.7. The third-order valence-electron chi connectivity index (χ3n) is 7.77. The molecule has 0 fully saturated rings.